The fourth-order valence-corrected chi connectivity index (χ4v) is 1.78. The number of aryl methyl sites for hydroxylation is 1. The molecule has 0 heterocycles. The van der Waals surface area contributed by atoms with E-state index in [9.17, 15) is 0 Å². The molecule has 2 rings (SSSR count). The number of hydrogen-bond acceptors (Lipinski definition) is 2. The van der Waals surface area contributed by atoms with E-state index in [-0.39, 0.29) is 0 Å². The van der Waals surface area contributed by atoms with Crippen LogP contribution in [0.3, 0.4) is 0 Å². The van der Waals surface area contributed by atoms with Crippen molar-refractivity contribution in [3.05, 3.63) is 42.0 Å². The van der Waals surface area contributed by atoms with Gasteiger partial charge in [-0.3, -0.25) is 0 Å². The molecule has 2 aromatic carbocycles. The highest BCUT2D eigenvalue weighted by atomic mass is 32.1. The second kappa shape index (κ2) is 4.72. The van der Waals surface area contributed by atoms with E-state index in [2.05, 4.69) is 25.1 Å². The number of fused-ring (bicyclic) bond motifs is 1. The van der Waals surface area contributed by atoms with Gasteiger partial charge in [0.2, 0.25) is 0 Å². The lowest BCUT2D eigenvalue weighted by molar-refractivity contribution is 0.450. The van der Waals surface area contributed by atoms with E-state index in [4.69, 9.17) is 17.0 Å². The third-order valence-electron chi connectivity index (χ3n) is 2.64. The molecule has 2 aromatic rings. The first-order valence-electron chi connectivity index (χ1n) is 5.46. The van der Waals surface area contributed by atoms with Crippen LogP contribution in [0.15, 0.2) is 36.4 Å². The number of nitrogens with zero attached hydrogens (tertiary/aromatic N) is 1. The first kappa shape index (κ1) is 11.9. The molecule has 0 aliphatic heterocycles. The van der Waals surface area contributed by atoms with E-state index >= 15 is 0 Å². The van der Waals surface area contributed by atoms with Crippen LogP contribution < -0.4 is 4.74 Å². The Morgan fingerprint density at radius 3 is 2.65 bits per heavy atom. The van der Waals surface area contributed by atoms with Crippen molar-refractivity contribution in [2.24, 2.45) is 0 Å². The highest BCUT2D eigenvalue weighted by Crippen LogP contribution is 2.23. The SMILES string of the molecule is Cc1cccc2cc(OC(=S)N(C)C)ccc12. The third kappa shape index (κ3) is 2.56. The van der Waals surface area contributed by atoms with Gasteiger partial charge in [-0.2, -0.15) is 0 Å². The zero-order chi connectivity index (χ0) is 12.4. The van der Waals surface area contributed by atoms with E-state index in [1.54, 1.807) is 4.90 Å². The molecule has 0 atom stereocenters. The fourth-order valence-electron chi connectivity index (χ4n) is 1.68. The number of thiocarbonyl (C=S) groups is 1. The zero-order valence-corrected chi connectivity index (χ0v) is 11.0. The zero-order valence-electron chi connectivity index (χ0n) is 10.2. The van der Waals surface area contributed by atoms with Crippen LogP contribution >= 0.6 is 12.2 Å². The van der Waals surface area contributed by atoms with Gasteiger partial charge in [-0.1, -0.05) is 24.3 Å². The molecule has 3 heteroatoms. The lowest BCUT2D eigenvalue weighted by atomic mass is 10.1. The van der Waals surface area contributed by atoms with Gasteiger partial charge < -0.3 is 9.64 Å². The first-order valence-corrected chi connectivity index (χ1v) is 5.87. The molecule has 0 aliphatic carbocycles. The predicted molar refractivity (Wildman–Crippen MR) is 75.6 cm³/mol. The topological polar surface area (TPSA) is 12.5 Å². The standard InChI is InChI=1S/C14H15NOS/c1-10-5-4-6-11-9-12(7-8-13(10)11)16-14(17)15(2)3/h4-9H,1-3H3. The monoisotopic (exact) mass is 245 g/mol. The summed E-state index contributed by atoms with van der Waals surface area (Å²) in [7, 11) is 3.74. The van der Waals surface area contributed by atoms with Crippen molar-refractivity contribution in [2.75, 3.05) is 14.1 Å². The molecule has 0 fully saturated rings. The van der Waals surface area contributed by atoms with Crippen LogP contribution in [0.4, 0.5) is 0 Å². The molecule has 0 amide bonds. The summed E-state index contributed by atoms with van der Waals surface area (Å²) >= 11 is 5.11. The van der Waals surface area contributed by atoms with Gasteiger partial charge in [0.25, 0.3) is 5.17 Å². The summed E-state index contributed by atoms with van der Waals surface area (Å²) in [4.78, 5) is 1.77. The maximum atomic E-state index is 5.58. The Labute approximate surface area is 107 Å². The van der Waals surface area contributed by atoms with Gasteiger partial charge in [-0.25, -0.2) is 0 Å². The van der Waals surface area contributed by atoms with E-state index in [1.807, 2.05) is 32.3 Å². The molecule has 17 heavy (non-hydrogen) atoms. The van der Waals surface area contributed by atoms with Gasteiger partial charge in [-0.15, -0.1) is 0 Å². The maximum Gasteiger partial charge on any atom is 0.264 e. The van der Waals surface area contributed by atoms with Crippen LogP contribution in [0.2, 0.25) is 0 Å². The minimum absolute atomic E-state index is 0.469. The summed E-state index contributed by atoms with van der Waals surface area (Å²) in [6.45, 7) is 2.10. The minimum Gasteiger partial charge on any atom is -0.432 e. The van der Waals surface area contributed by atoms with Crippen molar-refractivity contribution in [2.45, 2.75) is 6.92 Å². The van der Waals surface area contributed by atoms with Gasteiger partial charge in [0.05, 0.1) is 0 Å². The summed E-state index contributed by atoms with van der Waals surface area (Å²) < 4.78 is 5.58. The van der Waals surface area contributed by atoms with Crippen molar-refractivity contribution in [1.82, 2.24) is 4.90 Å². The second-order valence-electron chi connectivity index (χ2n) is 4.22. The van der Waals surface area contributed by atoms with E-state index in [1.165, 1.54) is 16.3 Å². The van der Waals surface area contributed by atoms with Crippen LogP contribution in [-0.2, 0) is 0 Å². The Morgan fingerprint density at radius 2 is 1.94 bits per heavy atom. The third-order valence-corrected chi connectivity index (χ3v) is 3.09. The van der Waals surface area contributed by atoms with Crippen LogP contribution in [0.25, 0.3) is 10.8 Å². The molecule has 0 aromatic heterocycles. The molecule has 88 valence electrons. The van der Waals surface area contributed by atoms with Gasteiger partial charge in [0, 0.05) is 14.1 Å². The Hall–Kier alpha value is -1.61. The van der Waals surface area contributed by atoms with E-state index < -0.39 is 0 Å². The van der Waals surface area contributed by atoms with Gasteiger partial charge in [0.1, 0.15) is 5.75 Å². The number of rotatable bonds is 1. The quantitative estimate of drug-likeness (QED) is 0.715. The average molecular weight is 245 g/mol. The Bertz CT molecular complexity index is 563. The Balaban J connectivity index is 2.35. The maximum absolute atomic E-state index is 5.58. The number of ether oxygens (including phenoxy) is 1. The molecule has 0 N–H and O–H groups in total. The molecule has 2 nitrogen and oxygen atoms in total. The van der Waals surface area contributed by atoms with Crippen molar-refractivity contribution < 1.29 is 4.74 Å². The van der Waals surface area contributed by atoms with Crippen LogP contribution in [0, 0.1) is 6.92 Å². The van der Waals surface area contributed by atoms with Crippen LogP contribution in [-0.4, -0.2) is 24.2 Å². The first-order chi connectivity index (χ1) is 8.08. The fraction of sp³-hybridized carbons (Fsp3) is 0.214. The van der Waals surface area contributed by atoms with Crippen molar-refractivity contribution in [1.29, 1.82) is 0 Å². The average Bonchev–Trinajstić information content (AvgIpc) is 2.29. The summed E-state index contributed by atoms with van der Waals surface area (Å²) in [5.41, 5.74) is 1.27. The molecule has 0 saturated carbocycles. The second-order valence-corrected chi connectivity index (χ2v) is 4.57. The molecule has 0 radical (unpaired) electrons. The Morgan fingerprint density at radius 1 is 1.18 bits per heavy atom. The largest absolute Gasteiger partial charge is 0.432 e. The molecule has 0 bridgehead atoms. The summed E-state index contributed by atoms with van der Waals surface area (Å²) in [6.07, 6.45) is 0. The molecule has 0 spiro atoms. The molecule has 0 aliphatic rings. The van der Waals surface area contributed by atoms with Gasteiger partial charge >= 0.3 is 0 Å². The highest BCUT2D eigenvalue weighted by molar-refractivity contribution is 7.80. The molecule has 0 saturated heterocycles. The minimum atomic E-state index is 0.469. The van der Waals surface area contributed by atoms with Gasteiger partial charge in [-0.05, 0) is 47.6 Å². The molecular weight excluding hydrogens is 230 g/mol. The normalized spacial score (nSPS) is 10.3. The molecule has 0 unspecified atom stereocenters. The highest BCUT2D eigenvalue weighted by Gasteiger charge is 2.04. The van der Waals surface area contributed by atoms with Crippen molar-refractivity contribution >= 4 is 28.2 Å². The molecular formula is C14H15NOS. The smallest absolute Gasteiger partial charge is 0.264 e. The Kier molecular flexibility index (Phi) is 3.29. The van der Waals surface area contributed by atoms with Crippen molar-refractivity contribution in [3.8, 4) is 5.75 Å². The van der Waals surface area contributed by atoms with Gasteiger partial charge in [0.15, 0.2) is 0 Å². The summed E-state index contributed by atoms with van der Waals surface area (Å²) in [6, 6.07) is 12.3. The lowest BCUT2D eigenvalue weighted by Crippen LogP contribution is -2.24. The van der Waals surface area contributed by atoms with E-state index in [0.29, 0.717) is 5.17 Å². The number of hydrogen-bond donors (Lipinski definition) is 0. The lowest BCUT2D eigenvalue weighted by Gasteiger charge is -2.14. The van der Waals surface area contributed by atoms with Crippen LogP contribution in [0.1, 0.15) is 5.56 Å². The predicted octanol–water partition coefficient (Wildman–Crippen LogP) is 3.37. The summed E-state index contributed by atoms with van der Waals surface area (Å²) in [5, 5.41) is 2.89. The summed E-state index contributed by atoms with van der Waals surface area (Å²) in [5.74, 6) is 0.779. The van der Waals surface area contributed by atoms with Crippen LogP contribution in [0.5, 0.6) is 5.75 Å². The van der Waals surface area contributed by atoms with E-state index in [0.717, 1.165) is 5.75 Å². The number of benzene rings is 2. The van der Waals surface area contributed by atoms with Crippen molar-refractivity contribution in [3.63, 3.8) is 0 Å².